The summed E-state index contributed by atoms with van der Waals surface area (Å²) in [6.45, 7) is 2.57. The lowest BCUT2D eigenvalue weighted by atomic mass is 10.1. The molecule has 6 heteroatoms. The van der Waals surface area contributed by atoms with Crippen LogP contribution in [0.25, 0.3) is 5.65 Å². The zero-order valence-corrected chi connectivity index (χ0v) is 15.3. The van der Waals surface area contributed by atoms with Crippen molar-refractivity contribution in [2.75, 3.05) is 20.8 Å². The molecule has 3 rings (SSSR count). The van der Waals surface area contributed by atoms with Gasteiger partial charge in [-0.1, -0.05) is 12.1 Å². The Bertz CT molecular complexity index is 918. The third-order valence-corrected chi connectivity index (χ3v) is 4.25. The summed E-state index contributed by atoms with van der Waals surface area (Å²) in [7, 11) is 3.22. The maximum Gasteiger partial charge on any atom is 0.226 e. The zero-order valence-electron chi connectivity index (χ0n) is 15.3. The summed E-state index contributed by atoms with van der Waals surface area (Å²) in [6, 6.07) is 9.75. The van der Waals surface area contributed by atoms with Crippen LogP contribution in [0.4, 0.5) is 0 Å². The molecule has 2 aromatic heterocycles. The predicted octanol–water partition coefficient (Wildman–Crippen LogP) is 2.56. The highest BCUT2D eigenvalue weighted by molar-refractivity contribution is 5.78. The van der Waals surface area contributed by atoms with Crippen LogP contribution in [0, 0.1) is 6.92 Å². The maximum absolute atomic E-state index is 12.2. The minimum atomic E-state index is -0.0356. The van der Waals surface area contributed by atoms with E-state index in [4.69, 9.17) is 9.47 Å². The third-order valence-electron chi connectivity index (χ3n) is 4.25. The molecule has 6 nitrogen and oxygen atoms in total. The lowest BCUT2D eigenvalue weighted by molar-refractivity contribution is -0.120. The Morgan fingerprint density at radius 1 is 1.19 bits per heavy atom. The van der Waals surface area contributed by atoms with Crippen molar-refractivity contribution in [1.29, 1.82) is 0 Å². The van der Waals surface area contributed by atoms with E-state index in [0.717, 1.165) is 28.9 Å². The average Bonchev–Trinajstić information content (AvgIpc) is 3.05. The summed E-state index contributed by atoms with van der Waals surface area (Å²) in [5.41, 5.74) is 3.82. The zero-order chi connectivity index (χ0) is 18.5. The molecule has 0 bridgehead atoms. The molecule has 0 saturated heterocycles. The summed E-state index contributed by atoms with van der Waals surface area (Å²) in [6.07, 6.45) is 4.83. The van der Waals surface area contributed by atoms with Gasteiger partial charge in [-0.15, -0.1) is 0 Å². The summed E-state index contributed by atoms with van der Waals surface area (Å²) in [5, 5.41) is 2.94. The molecule has 3 aromatic rings. The maximum atomic E-state index is 12.2. The molecular weight excluding hydrogens is 330 g/mol. The molecule has 1 N–H and O–H groups in total. The van der Waals surface area contributed by atoms with Gasteiger partial charge in [-0.3, -0.25) is 4.79 Å². The smallest absolute Gasteiger partial charge is 0.226 e. The van der Waals surface area contributed by atoms with Crippen LogP contribution < -0.4 is 14.8 Å². The highest BCUT2D eigenvalue weighted by atomic mass is 16.5. The number of hydrogen-bond donors (Lipinski definition) is 1. The van der Waals surface area contributed by atoms with Gasteiger partial charge in [-0.2, -0.15) is 0 Å². The summed E-state index contributed by atoms with van der Waals surface area (Å²) in [5.74, 6) is 1.35. The second-order valence-electron chi connectivity index (χ2n) is 6.12. The molecule has 0 aliphatic heterocycles. The number of imidazole rings is 1. The number of amides is 1. The summed E-state index contributed by atoms with van der Waals surface area (Å²) >= 11 is 0. The van der Waals surface area contributed by atoms with Gasteiger partial charge in [0.1, 0.15) is 5.65 Å². The number of methoxy groups -OCH3 is 2. The Kier molecular flexibility index (Phi) is 5.41. The van der Waals surface area contributed by atoms with Crippen molar-refractivity contribution in [3.63, 3.8) is 0 Å². The molecular formula is C20H23N3O3. The Balaban J connectivity index is 1.54. The lowest BCUT2D eigenvalue weighted by Crippen LogP contribution is -2.27. The number of carbonyl (C=O) groups is 1. The second kappa shape index (κ2) is 7.91. The van der Waals surface area contributed by atoms with Gasteiger partial charge in [0.05, 0.1) is 26.3 Å². The number of nitrogens with zero attached hydrogens (tertiary/aromatic N) is 2. The van der Waals surface area contributed by atoms with Gasteiger partial charge in [0, 0.05) is 18.9 Å². The van der Waals surface area contributed by atoms with E-state index < -0.39 is 0 Å². The van der Waals surface area contributed by atoms with Crippen LogP contribution in [0.1, 0.15) is 16.8 Å². The van der Waals surface area contributed by atoms with Crippen LogP contribution in [0.15, 0.2) is 42.7 Å². The molecule has 0 fully saturated rings. The van der Waals surface area contributed by atoms with E-state index >= 15 is 0 Å². The standard InChI is InChI=1S/C20H23N3O3/c1-14-5-4-10-23-13-16(22-20(14)23)12-19(24)21-9-8-15-6-7-17(25-2)18(11-15)26-3/h4-7,10-11,13H,8-9,12H2,1-3H3,(H,21,24). The summed E-state index contributed by atoms with van der Waals surface area (Å²) in [4.78, 5) is 16.7. The van der Waals surface area contributed by atoms with Gasteiger partial charge in [-0.25, -0.2) is 4.98 Å². The number of fused-ring (bicyclic) bond motifs is 1. The van der Waals surface area contributed by atoms with Crippen LogP contribution in [0.5, 0.6) is 11.5 Å². The summed E-state index contributed by atoms with van der Waals surface area (Å²) < 4.78 is 12.5. The van der Waals surface area contributed by atoms with Crippen molar-refractivity contribution in [2.45, 2.75) is 19.8 Å². The molecule has 2 heterocycles. The van der Waals surface area contributed by atoms with Gasteiger partial charge >= 0.3 is 0 Å². The molecule has 0 spiro atoms. The van der Waals surface area contributed by atoms with Crippen molar-refractivity contribution in [2.24, 2.45) is 0 Å². The van der Waals surface area contributed by atoms with E-state index in [1.54, 1.807) is 14.2 Å². The number of nitrogens with one attached hydrogen (secondary N) is 1. The highest BCUT2D eigenvalue weighted by Gasteiger charge is 2.09. The van der Waals surface area contributed by atoms with E-state index in [9.17, 15) is 4.79 Å². The molecule has 1 aromatic carbocycles. The van der Waals surface area contributed by atoms with Crippen molar-refractivity contribution in [3.05, 3.63) is 59.5 Å². The molecule has 1 amide bonds. The minimum Gasteiger partial charge on any atom is -0.493 e. The molecule has 26 heavy (non-hydrogen) atoms. The predicted molar refractivity (Wildman–Crippen MR) is 99.9 cm³/mol. The number of aromatic nitrogens is 2. The van der Waals surface area contributed by atoms with Crippen LogP contribution in [-0.4, -0.2) is 36.1 Å². The van der Waals surface area contributed by atoms with E-state index in [1.165, 1.54) is 0 Å². The minimum absolute atomic E-state index is 0.0356. The normalized spacial score (nSPS) is 10.7. The van der Waals surface area contributed by atoms with Crippen molar-refractivity contribution in [3.8, 4) is 11.5 Å². The lowest BCUT2D eigenvalue weighted by Gasteiger charge is -2.10. The third kappa shape index (κ3) is 3.96. The fraction of sp³-hybridized carbons (Fsp3) is 0.300. The Morgan fingerprint density at radius 2 is 2.00 bits per heavy atom. The first-order chi connectivity index (χ1) is 12.6. The van der Waals surface area contributed by atoms with Crippen molar-refractivity contribution < 1.29 is 14.3 Å². The average molecular weight is 353 g/mol. The van der Waals surface area contributed by atoms with Gasteiger partial charge in [-0.05, 0) is 42.7 Å². The van der Waals surface area contributed by atoms with Crippen LogP contribution in [0.3, 0.4) is 0 Å². The molecule has 0 atom stereocenters. The van der Waals surface area contributed by atoms with Crippen molar-refractivity contribution >= 4 is 11.6 Å². The Labute approximate surface area is 152 Å². The van der Waals surface area contributed by atoms with Gasteiger partial charge < -0.3 is 19.2 Å². The van der Waals surface area contributed by atoms with E-state index in [-0.39, 0.29) is 12.3 Å². The van der Waals surface area contributed by atoms with Crippen LogP contribution in [0.2, 0.25) is 0 Å². The number of aryl methyl sites for hydroxylation is 1. The van der Waals surface area contributed by atoms with E-state index in [0.29, 0.717) is 18.0 Å². The Hall–Kier alpha value is -3.02. The number of rotatable bonds is 7. The largest absolute Gasteiger partial charge is 0.493 e. The number of pyridine rings is 1. The molecule has 0 saturated carbocycles. The van der Waals surface area contributed by atoms with Crippen LogP contribution in [-0.2, 0) is 17.6 Å². The van der Waals surface area contributed by atoms with Gasteiger partial charge in [0.15, 0.2) is 11.5 Å². The first-order valence-electron chi connectivity index (χ1n) is 8.51. The Morgan fingerprint density at radius 3 is 2.73 bits per heavy atom. The molecule has 0 aliphatic carbocycles. The second-order valence-corrected chi connectivity index (χ2v) is 6.12. The molecule has 0 aliphatic rings. The molecule has 0 radical (unpaired) electrons. The fourth-order valence-electron chi connectivity index (χ4n) is 2.90. The monoisotopic (exact) mass is 353 g/mol. The molecule has 0 unspecified atom stereocenters. The first-order valence-corrected chi connectivity index (χ1v) is 8.51. The van der Waals surface area contributed by atoms with Crippen LogP contribution >= 0.6 is 0 Å². The van der Waals surface area contributed by atoms with Gasteiger partial charge in [0.25, 0.3) is 0 Å². The fourth-order valence-corrected chi connectivity index (χ4v) is 2.90. The van der Waals surface area contributed by atoms with Crippen molar-refractivity contribution in [1.82, 2.24) is 14.7 Å². The number of ether oxygens (including phenoxy) is 2. The first kappa shape index (κ1) is 17.8. The topological polar surface area (TPSA) is 64.9 Å². The van der Waals surface area contributed by atoms with Gasteiger partial charge in [0.2, 0.25) is 5.91 Å². The van der Waals surface area contributed by atoms with E-state index in [2.05, 4.69) is 10.3 Å². The number of carbonyl (C=O) groups excluding carboxylic acids is 1. The SMILES string of the molecule is COc1ccc(CCNC(=O)Cc2cn3cccc(C)c3n2)cc1OC. The quantitative estimate of drug-likeness (QED) is 0.709. The highest BCUT2D eigenvalue weighted by Crippen LogP contribution is 2.27. The van der Waals surface area contributed by atoms with E-state index in [1.807, 2.05) is 54.0 Å². The number of benzene rings is 1. The molecule has 136 valence electrons. The number of hydrogen-bond acceptors (Lipinski definition) is 4.